The summed E-state index contributed by atoms with van der Waals surface area (Å²) in [5, 5.41) is 0. The molecule has 0 aliphatic rings. The Hall–Kier alpha value is -8.70. The Morgan fingerprint density at radius 3 is 0.685 bits per heavy atom. The summed E-state index contributed by atoms with van der Waals surface area (Å²) in [4.78, 5) is 152. The fraction of sp³-hybridized carbons (Fsp3) is 0.388. The minimum absolute atomic E-state index is 0.756. The lowest BCUT2D eigenvalue weighted by Gasteiger charge is -2.33. The van der Waals surface area contributed by atoms with Gasteiger partial charge in [-0.3, -0.25) is 14.4 Å². The predicted molar refractivity (Wildman–Crippen MR) is 248 cm³/mol. The van der Waals surface area contributed by atoms with Crippen LogP contribution in [-0.2, 0) is 114 Å². The van der Waals surface area contributed by atoms with Crippen molar-refractivity contribution in [2.75, 3.05) is 79.3 Å². The Bertz CT molecular complexity index is 1950. The van der Waals surface area contributed by atoms with E-state index in [1.54, 1.807) is 0 Å². The van der Waals surface area contributed by atoms with Gasteiger partial charge in [-0.2, -0.15) is 0 Å². The minimum Gasteiger partial charge on any atom is -0.465 e. The number of carbonyl (C=O) groups excluding carboxylic acids is 12. The Morgan fingerprint density at radius 1 is 0.301 bits per heavy atom. The quantitative estimate of drug-likeness (QED) is 0.0483. The third-order valence-corrected chi connectivity index (χ3v) is 9.43. The van der Waals surface area contributed by atoms with Crippen LogP contribution < -0.4 is 0 Å². The summed E-state index contributed by atoms with van der Waals surface area (Å²) < 4.78 is 62.9. The van der Waals surface area contributed by atoms with Crippen molar-refractivity contribution in [3.63, 3.8) is 0 Å². The summed E-state index contributed by atoms with van der Waals surface area (Å²) in [6.07, 6.45) is 5.78. The lowest BCUT2D eigenvalue weighted by molar-refractivity contribution is -0.179. The van der Waals surface area contributed by atoms with Crippen molar-refractivity contribution >= 4 is 71.6 Å². The minimum atomic E-state index is -1.96. The first-order chi connectivity index (χ1) is 34.5. The molecule has 0 fully saturated rings. The van der Waals surface area contributed by atoms with Crippen LogP contribution in [0.1, 0.15) is 13.3 Å². The van der Waals surface area contributed by atoms with Crippen molar-refractivity contribution in [3.8, 4) is 0 Å². The van der Waals surface area contributed by atoms with E-state index in [1.165, 1.54) is 0 Å². The first kappa shape index (κ1) is 64.3. The molecule has 0 aromatic heterocycles. The highest BCUT2D eigenvalue weighted by atomic mass is 16.6. The normalized spacial score (nSPS) is 11.5. The van der Waals surface area contributed by atoms with Crippen LogP contribution in [0.25, 0.3) is 0 Å². The van der Waals surface area contributed by atoms with E-state index in [0.717, 1.165) is 61.6 Å². The number of carbonyl (C=O) groups is 12. The lowest BCUT2D eigenvalue weighted by Crippen LogP contribution is -2.46. The fourth-order valence-corrected chi connectivity index (χ4v) is 5.09. The first-order valence-corrected chi connectivity index (χ1v) is 21.1. The smallest absolute Gasteiger partial charge is 0.330 e. The van der Waals surface area contributed by atoms with Crippen LogP contribution in [-0.4, -0.2) is 151 Å². The maximum atomic E-state index is 14.3. The van der Waals surface area contributed by atoms with Crippen LogP contribution in [0, 0.1) is 28.1 Å². The third kappa shape index (κ3) is 25.1. The van der Waals surface area contributed by atoms with E-state index < -0.39 is 185 Å². The molecule has 0 aromatic rings. The second kappa shape index (κ2) is 33.8. The summed E-state index contributed by atoms with van der Waals surface area (Å²) in [6, 6.07) is 0. The number of esters is 12. The molecule has 0 rings (SSSR count). The van der Waals surface area contributed by atoms with E-state index in [0.29, 0.717) is 0 Å². The van der Waals surface area contributed by atoms with Crippen LogP contribution in [0.5, 0.6) is 0 Å². The van der Waals surface area contributed by atoms with Gasteiger partial charge in [0.05, 0.1) is 18.3 Å². The maximum absolute atomic E-state index is 14.3. The molecule has 24 heteroatoms. The molecule has 24 nitrogen and oxygen atoms in total. The number of rotatable bonds is 38. The molecule has 73 heavy (non-hydrogen) atoms. The van der Waals surface area contributed by atoms with Gasteiger partial charge in [0.25, 0.3) is 0 Å². The number of ether oxygens (including phenoxy) is 12. The Labute approximate surface area is 419 Å². The average molecular weight is 1030 g/mol. The summed E-state index contributed by atoms with van der Waals surface area (Å²) >= 11 is 0. The Morgan fingerprint density at radius 2 is 0.479 bits per heavy atom. The standard InChI is InChI=1S/C49H58O24/c1-11-35(50)62-21-47(22-63-36(51)12-2,23-64-37(52)13-3)30-71-44(59)20-34(46(61)73-32-49(27-68-41(56)17-7,28-69-42(57)18-8)29-70-43(58)19-9)33(10)45(60)72-31-48(24-65-38(53)14-4,25-66-39(54)15-5)26-67-40(55)16-6/h11-19,33-34H,1-9,20-32H2,10H3. The van der Waals surface area contributed by atoms with Crippen molar-refractivity contribution in [1.82, 2.24) is 0 Å². The van der Waals surface area contributed by atoms with E-state index in [4.69, 9.17) is 56.8 Å². The first-order valence-electron chi connectivity index (χ1n) is 21.1. The molecule has 0 aliphatic carbocycles. The molecule has 2 atom stereocenters. The van der Waals surface area contributed by atoms with Gasteiger partial charge in [-0.05, 0) is 0 Å². The molecule has 0 spiro atoms. The van der Waals surface area contributed by atoms with Crippen LogP contribution in [0.4, 0.5) is 0 Å². The molecular formula is C49H58O24. The van der Waals surface area contributed by atoms with E-state index in [-0.39, 0.29) is 0 Å². The largest absolute Gasteiger partial charge is 0.465 e. The van der Waals surface area contributed by atoms with Crippen molar-refractivity contribution in [2.24, 2.45) is 28.1 Å². The third-order valence-electron chi connectivity index (χ3n) is 9.43. The maximum Gasteiger partial charge on any atom is 0.330 e. The van der Waals surface area contributed by atoms with Crippen molar-refractivity contribution in [1.29, 1.82) is 0 Å². The lowest BCUT2D eigenvalue weighted by atomic mass is 9.89. The molecule has 0 bridgehead atoms. The van der Waals surface area contributed by atoms with Gasteiger partial charge in [0.1, 0.15) is 95.5 Å². The average Bonchev–Trinajstić information content (AvgIpc) is 3.41. The highest BCUT2D eigenvalue weighted by Crippen LogP contribution is 2.29. The summed E-state index contributed by atoms with van der Waals surface area (Å²) in [5.41, 5.74) is -5.68. The highest BCUT2D eigenvalue weighted by molar-refractivity contribution is 5.87. The molecule has 0 aromatic carbocycles. The van der Waals surface area contributed by atoms with Gasteiger partial charge < -0.3 is 56.8 Å². The highest BCUT2D eigenvalue weighted by Gasteiger charge is 2.44. The summed E-state index contributed by atoms with van der Waals surface area (Å²) in [7, 11) is 0. The van der Waals surface area contributed by atoms with Gasteiger partial charge in [0.15, 0.2) is 0 Å². The molecule has 0 radical (unpaired) electrons. The van der Waals surface area contributed by atoms with Gasteiger partial charge in [-0.25, -0.2) is 43.2 Å². The SMILES string of the molecule is C=CC(=O)OCC(COC(=O)C=C)(COC(=O)C=C)COC(=O)CC(C(=O)OCC(COC(=O)C=C)(COC(=O)C=C)COC(=O)C=C)C(C)C(=O)OCC(COC(=O)C=C)(COC(=O)C=C)COC(=O)C=C. The molecular weight excluding hydrogens is 973 g/mol. The van der Waals surface area contributed by atoms with E-state index >= 15 is 0 Å². The summed E-state index contributed by atoms with van der Waals surface area (Å²) in [5.74, 6) is -16.9. The molecule has 0 heterocycles. The van der Waals surface area contributed by atoms with Gasteiger partial charge >= 0.3 is 71.6 Å². The van der Waals surface area contributed by atoms with Crippen LogP contribution in [0.3, 0.4) is 0 Å². The van der Waals surface area contributed by atoms with Crippen molar-refractivity contribution in [3.05, 3.63) is 114 Å². The van der Waals surface area contributed by atoms with Gasteiger partial charge in [-0.15, -0.1) is 0 Å². The summed E-state index contributed by atoms with van der Waals surface area (Å²) in [6.45, 7) is 21.0. The molecule has 398 valence electrons. The second-order valence-electron chi connectivity index (χ2n) is 15.3. The van der Waals surface area contributed by atoms with Gasteiger partial charge in [-0.1, -0.05) is 66.1 Å². The molecule has 2 unspecified atom stereocenters. The number of hydrogen-bond donors (Lipinski definition) is 0. The molecule has 0 N–H and O–H groups in total. The van der Waals surface area contributed by atoms with Crippen LogP contribution >= 0.6 is 0 Å². The zero-order valence-corrected chi connectivity index (χ0v) is 40.2. The van der Waals surface area contributed by atoms with Crippen LogP contribution in [0.15, 0.2) is 114 Å². The molecule has 0 aliphatic heterocycles. The van der Waals surface area contributed by atoms with Crippen LogP contribution in [0.2, 0.25) is 0 Å². The molecule has 0 saturated heterocycles. The van der Waals surface area contributed by atoms with Gasteiger partial charge in [0, 0.05) is 54.7 Å². The van der Waals surface area contributed by atoms with Crippen molar-refractivity contribution < 1.29 is 114 Å². The van der Waals surface area contributed by atoms with E-state index in [1.807, 2.05) is 0 Å². The number of hydrogen-bond acceptors (Lipinski definition) is 24. The Balaban J connectivity index is 7.59. The zero-order chi connectivity index (χ0) is 55.6. The monoisotopic (exact) mass is 1030 g/mol. The van der Waals surface area contributed by atoms with Crippen molar-refractivity contribution in [2.45, 2.75) is 13.3 Å². The van der Waals surface area contributed by atoms with E-state index in [9.17, 15) is 57.5 Å². The van der Waals surface area contributed by atoms with Gasteiger partial charge in [0.2, 0.25) is 0 Å². The molecule has 0 saturated carbocycles. The Kier molecular flexibility index (Phi) is 29.7. The zero-order valence-electron chi connectivity index (χ0n) is 40.2. The predicted octanol–water partition coefficient (Wildman–Crippen LogP) is 1.78. The molecule has 0 amide bonds. The second-order valence-corrected chi connectivity index (χ2v) is 15.3. The van der Waals surface area contributed by atoms with E-state index in [2.05, 4.69) is 59.2 Å². The fourth-order valence-electron chi connectivity index (χ4n) is 5.09. The topological polar surface area (TPSA) is 316 Å².